The van der Waals surface area contributed by atoms with Gasteiger partial charge >= 0.3 is 0 Å². The van der Waals surface area contributed by atoms with Crippen molar-refractivity contribution in [3.63, 3.8) is 0 Å². The SMILES string of the molecule is Cn1cc(Sc2ncnc(Cl)c2Br)cn1. The summed E-state index contributed by atoms with van der Waals surface area (Å²) >= 11 is 10.7. The Morgan fingerprint density at radius 2 is 2.27 bits per heavy atom. The van der Waals surface area contributed by atoms with E-state index in [9.17, 15) is 0 Å². The lowest BCUT2D eigenvalue weighted by atomic mass is 10.7. The Hall–Kier alpha value is -0.590. The number of aryl methyl sites for hydroxylation is 1. The molecule has 0 aliphatic heterocycles. The van der Waals surface area contributed by atoms with Gasteiger partial charge in [0.15, 0.2) is 0 Å². The molecule has 0 amide bonds. The van der Waals surface area contributed by atoms with E-state index in [1.807, 2.05) is 13.2 Å². The lowest BCUT2D eigenvalue weighted by Gasteiger charge is -2.00. The van der Waals surface area contributed by atoms with Crippen LogP contribution < -0.4 is 0 Å². The van der Waals surface area contributed by atoms with E-state index in [-0.39, 0.29) is 0 Å². The number of rotatable bonds is 2. The summed E-state index contributed by atoms with van der Waals surface area (Å²) in [5.74, 6) is 0. The molecule has 0 aliphatic rings. The van der Waals surface area contributed by atoms with Crippen LogP contribution in [0.3, 0.4) is 0 Å². The standard InChI is InChI=1S/C8H6BrClN4S/c1-14-3-5(2-13-14)15-8-6(9)7(10)11-4-12-8/h2-4H,1H3. The molecule has 0 bridgehead atoms. The van der Waals surface area contributed by atoms with Crippen molar-refractivity contribution in [2.24, 2.45) is 7.05 Å². The highest BCUT2D eigenvalue weighted by Gasteiger charge is 2.09. The highest BCUT2D eigenvalue weighted by atomic mass is 79.9. The first kappa shape index (κ1) is 10.9. The third kappa shape index (κ3) is 2.50. The summed E-state index contributed by atoms with van der Waals surface area (Å²) in [6.07, 6.45) is 5.12. The van der Waals surface area contributed by atoms with Gasteiger partial charge in [-0.05, 0) is 15.9 Å². The number of aromatic nitrogens is 4. The fourth-order valence-electron chi connectivity index (χ4n) is 0.968. The van der Waals surface area contributed by atoms with Gasteiger partial charge in [-0.1, -0.05) is 23.4 Å². The van der Waals surface area contributed by atoms with Gasteiger partial charge in [0.25, 0.3) is 0 Å². The van der Waals surface area contributed by atoms with Crippen molar-refractivity contribution in [3.8, 4) is 0 Å². The van der Waals surface area contributed by atoms with E-state index < -0.39 is 0 Å². The summed E-state index contributed by atoms with van der Waals surface area (Å²) in [7, 11) is 1.87. The molecule has 4 nitrogen and oxygen atoms in total. The summed E-state index contributed by atoms with van der Waals surface area (Å²) in [5, 5.41) is 5.26. The number of hydrogen-bond donors (Lipinski definition) is 0. The number of hydrogen-bond acceptors (Lipinski definition) is 4. The van der Waals surface area contributed by atoms with Gasteiger partial charge < -0.3 is 0 Å². The molecule has 15 heavy (non-hydrogen) atoms. The summed E-state index contributed by atoms with van der Waals surface area (Å²) in [6, 6.07) is 0. The van der Waals surface area contributed by atoms with Crippen LogP contribution in [-0.4, -0.2) is 19.7 Å². The Morgan fingerprint density at radius 1 is 1.47 bits per heavy atom. The van der Waals surface area contributed by atoms with Crippen LogP contribution in [0.2, 0.25) is 5.15 Å². The van der Waals surface area contributed by atoms with Gasteiger partial charge in [0.05, 0.1) is 15.6 Å². The molecule has 0 aromatic carbocycles. The second-order valence-corrected chi connectivity index (χ2v) is 4.95. The fourth-order valence-corrected chi connectivity index (χ4v) is 2.42. The normalized spacial score (nSPS) is 10.6. The van der Waals surface area contributed by atoms with Crippen LogP contribution >= 0.6 is 39.3 Å². The molecule has 0 saturated carbocycles. The maximum atomic E-state index is 5.85. The summed E-state index contributed by atoms with van der Waals surface area (Å²) in [4.78, 5) is 8.99. The Bertz CT molecular complexity index is 487. The van der Waals surface area contributed by atoms with Crippen molar-refractivity contribution in [2.45, 2.75) is 9.92 Å². The Kier molecular flexibility index (Phi) is 3.28. The van der Waals surface area contributed by atoms with Crippen LogP contribution in [-0.2, 0) is 7.05 Å². The van der Waals surface area contributed by atoms with Crippen LogP contribution in [0.4, 0.5) is 0 Å². The van der Waals surface area contributed by atoms with Crippen molar-refractivity contribution in [3.05, 3.63) is 28.3 Å². The summed E-state index contributed by atoms with van der Waals surface area (Å²) < 4.78 is 2.44. The van der Waals surface area contributed by atoms with Gasteiger partial charge in [0.1, 0.15) is 16.5 Å². The minimum atomic E-state index is 0.413. The molecule has 78 valence electrons. The molecular weight excluding hydrogens is 300 g/mol. The average molecular weight is 306 g/mol. The molecular formula is C8H6BrClN4S. The highest BCUT2D eigenvalue weighted by molar-refractivity contribution is 9.10. The first-order chi connectivity index (χ1) is 7.16. The fraction of sp³-hybridized carbons (Fsp3) is 0.125. The van der Waals surface area contributed by atoms with E-state index in [0.717, 1.165) is 9.92 Å². The predicted molar refractivity (Wildman–Crippen MR) is 62.1 cm³/mol. The largest absolute Gasteiger partial charge is 0.275 e. The van der Waals surface area contributed by atoms with Crippen LogP contribution in [0.15, 0.2) is 33.1 Å². The maximum absolute atomic E-state index is 5.85. The maximum Gasteiger partial charge on any atom is 0.147 e. The molecule has 0 spiro atoms. The molecule has 0 radical (unpaired) electrons. The van der Waals surface area contributed by atoms with Crippen molar-refractivity contribution in [2.75, 3.05) is 0 Å². The first-order valence-electron chi connectivity index (χ1n) is 3.99. The van der Waals surface area contributed by atoms with E-state index >= 15 is 0 Å². The topological polar surface area (TPSA) is 43.6 Å². The van der Waals surface area contributed by atoms with E-state index in [1.165, 1.54) is 18.1 Å². The Morgan fingerprint density at radius 3 is 2.93 bits per heavy atom. The molecule has 0 saturated heterocycles. The molecule has 7 heteroatoms. The van der Waals surface area contributed by atoms with E-state index in [1.54, 1.807) is 10.9 Å². The quantitative estimate of drug-likeness (QED) is 0.800. The zero-order chi connectivity index (χ0) is 10.8. The zero-order valence-corrected chi connectivity index (χ0v) is 10.8. The van der Waals surface area contributed by atoms with E-state index in [4.69, 9.17) is 11.6 Å². The summed E-state index contributed by atoms with van der Waals surface area (Å²) in [5.41, 5.74) is 0. The molecule has 2 heterocycles. The third-order valence-corrected chi connectivity index (χ3v) is 4.09. The molecule has 0 fully saturated rings. The number of halogens is 2. The highest BCUT2D eigenvalue weighted by Crippen LogP contribution is 2.33. The third-order valence-electron chi connectivity index (χ3n) is 1.61. The smallest absolute Gasteiger partial charge is 0.147 e. The number of nitrogens with zero attached hydrogens (tertiary/aromatic N) is 4. The van der Waals surface area contributed by atoms with Crippen LogP contribution in [0.5, 0.6) is 0 Å². The van der Waals surface area contributed by atoms with Crippen LogP contribution in [0.25, 0.3) is 0 Å². The van der Waals surface area contributed by atoms with E-state index in [2.05, 4.69) is 31.0 Å². The first-order valence-corrected chi connectivity index (χ1v) is 5.98. The van der Waals surface area contributed by atoms with E-state index in [0.29, 0.717) is 9.63 Å². The van der Waals surface area contributed by atoms with Gasteiger partial charge in [0, 0.05) is 13.2 Å². The van der Waals surface area contributed by atoms with Crippen LogP contribution in [0.1, 0.15) is 0 Å². The Balaban J connectivity index is 2.28. The molecule has 0 aliphatic carbocycles. The van der Waals surface area contributed by atoms with Crippen LogP contribution in [0, 0.1) is 0 Å². The molecule has 2 rings (SSSR count). The van der Waals surface area contributed by atoms with Gasteiger partial charge in [-0.3, -0.25) is 4.68 Å². The van der Waals surface area contributed by atoms with Gasteiger partial charge in [0.2, 0.25) is 0 Å². The minimum absolute atomic E-state index is 0.413. The second kappa shape index (κ2) is 4.51. The molecule has 0 atom stereocenters. The predicted octanol–water partition coefficient (Wildman–Crippen LogP) is 2.78. The zero-order valence-electron chi connectivity index (χ0n) is 7.69. The minimum Gasteiger partial charge on any atom is -0.275 e. The lowest BCUT2D eigenvalue weighted by Crippen LogP contribution is -1.86. The summed E-state index contributed by atoms with van der Waals surface area (Å²) in [6.45, 7) is 0. The van der Waals surface area contributed by atoms with Gasteiger partial charge in [-0.25, -0.2) is 9.97 Å². The average Bonchev–Trinajstić information content (AvgIpc) is 2.59. The second-order valence-electron chi connectivity index (χ2n) is 2.74. The van der Waals surface area contributed by atoms with Crippen molar-refractivity contribution in [1.29, 1.82) is 0 Å². The van der Waals surface area contributed by atoms with Crippen molar-refractivity contribution >= 4 is 39.3 Å². The molecule has 2 aromatic rings. The van der Waals surface area contributed by atoms with Crippen molar-refractivity contribution < 1.29 is 0 Å². The molecule has 0 unspecified atom stereocenters. The van der Waals surface area contributed by atoms with Crippen molar-refractivity contribution in [1.82, 2.24) is 19.7 Å². The monoisotopic (exact) mass is 304 g/mol. The lowest BCUT2D eigenvalue weighted by molar-refractivity contribution is 0.766. The molecule has 2 aromatic heterocycles. The van der Waals surface area contributed by atoms with Gasteiger partial charge in [-0.15, -0.1) is 0 Å². The Labute approximate surface area is 104 Å². The molecule has 0 N–H and O–H groups in total. The van der Waals surface area contributed by atoms with Gasteiger partial charge in [-0.2, -0.15) is 5.10 Å².